The van der Waals surface area contributed by atoms with Crippen molar-refractivity contribution in [1.82, 2.24) is 5.32 Å². The molecule has 0 radical (unpaired) electrons. The molecule has 52 heavy (non-hydrogen) atoms. The lowest BCUT2D eigenvalue weighted by atomic mass is 9.32. The molecule has 5 saturated carbocycles. The van der Waals surface area contributed by atoms with Crippen LogP contribution in [0.15, 0.2) is 47.1 Å². The lowest BCUT2D eigenvalue weighted by molar-refractivity contribution is -0.249. The van der Waals surface area contributed by atoms with Crippen LogP contribution in [0.3, 0.4) is 0 Å². The van der Waals surface area contributed by atoms with Gasteiger partial charge in [0.1, 0.15) is 11.7 Å². The van der Waals surface area contributed by atoms with Crippen LogP contribution in [0.4, 0.5) is 0 Å². The van der Waals surface area contributed by atoms with Gasteiger partial charge in [0.25, 0.3) is 0 Å². The molecule has 7 nitrogen and oxygen atoms in total. The molecular formula is C45H63NO6. The summed E-state index contributed by atoms with van der Waals surface area (Å²) in [7, 11) is 0. The Kier molecular flexibility index (Phi) is 8.94. The maximum atomic E-state index is 14.6. The second-order valence-corrected chi connectivity index (χ2v) is 20.0. The summed E-state index contributed by atoms with van der Waals surface area (Å²) in [4.78, 5) is 39.4. The van der Waals surface area contributed by atoms with Crippen LogP contribution < -0.4 is 5.32 Å². The van der Waals surface area contributed by atoms with Crippen molar-refractivity contribution in [3.8, 4) is 0 Å². The van der Waals surface area contributed by atoms with Gasteiger partial charge >= 0.3 is 11.9 Å². The Labute approximate surface area is 311 Å². The predicted molar refractivity (Wildman–Crippen MR) is 203 cm³/mol. The Balaban J connectivity index is 1.13. The third kappa shape index (κ3) is 5.43. The van der Waals surface area contributed by atoms with Crippen LogP contribution in [0.2, 0.25) is 0 Å². The number of furan rings is 1. The Hall–Kier alpha value is -3.09. The average Bonchev–Trinajstić information content (AvgIpc) is 3.70. The normalized spacial score (nSPS) is 39.4. The molecule has 0 aliphatic heterocycles. The number of carbonyl (C=O) groups excluding carboxylic acids is 2. The lowest BCUT2D eigenvalue weighted by Gasteiger charge is -2.72. The third-order valence-electron chi connectivity index (χ3n) is 16.9. The zero-order valence-corrected chi connectivity index (χ0v) is 33.0. The number of hydrogen-bond acceptors (Lipinski definition) is 5. The number of fused-ring (bicyclic) bond motifs is 8. The molecular weight excluding hydrogens is 650 g/mol. The molecule has 0 unspecified atom stereocenters. The van der Waals surface area contributed by atoms with Gasteiger partial charge in [-0.2, -0.15) is 0 Å². The number of rotatable bonds is 8. The highest BCUT2D eigenvalue weighted by atomic mass is 16.5. The molecule has 5 aliphatic carbocycles. The number of carbonyl (C=O) groups is 3. The van der Waals surface area contributed by atoms with E-state index in [1.165, 1.54) is 12.0 Å². The van der Waals surface area contributed by atoms with E-state index >= 15 is 0 Å². The standard InChI is InChI=1S/C45H63NO6/c1-27(2)30-14-20-45(38(48)46-26-28-10-12-32-29(24-28)17-23-51-32)22-21-43(8)31(37(30)45)11-13-34-42(7)18-16-35(52-36(47)25-40(3,4)39(49)50)41(5,6)33(42)15-19-44(34,43)9/h10,12,17,23-24,30-31,33-35,37H,1,11,13-16,18-22,25-26H2,2-9H3,(H,46,48)(H,49,50)/t30-,31+,33-,34+,35-,37+,42-,43+,44+,45-/m0/s1. The first-order valence-electron chi connectivity index (χ1n) is 20.1. The first-order chi connectivity index (χ1) is 24.3. The second-order valence-electron chi connectivity index (χ2n) is 20.0. The zero-order valence-electron chi connectivity index (χ0n) is 33.0. The Morgan fingerprint density at radius 3 is 2.38 bits per heavy atom. The van der Waals surface area contributed by atoms with Crippen molar-refractivity contribution in [3.63, 3.8) is 0 Å². The molecule has 1 amide bonds. The largest absolute Gasteiger partial charge is 0.481 e. The summed E-state index contributed by atoms with van der Waals surface area (Å²) >= 11 is 0. The molecule has 1 heterocycles. The van der Waals surface area contributed by atoms with Crippen LogP contribution in [0.1, 0.15) is 132 Å². The monoisotopic (exact) mass is 713 g/mol. The van der Waals surface area contributed by atoms with Crippen molar-refractivity contribution in [3.05, 3.63) is 48.2 Å². The summed E-state index contributed by atoms with van der Waals surface area (Å²) in [6.45, 7) is 22.8. The van der Waals surface area contributed by atoms with Gasteiger partial charge in [-0.25, -0.2) is 0 Å². The van der Waals surface area contributed by atoms with Gasteiger partial charge in [-0.1, -0.05) is 52.8 Å². The van der Waals surface area contributed by atoms with Crippen LogP contribution in [0, 0.1) is 62.1 Å². The van der Waals surface area contributed by atoms with Gasteiger partial charge in [0.15, 0.2) is 0 Å². The number of benzene rings is 1. The highest BCUT2D eigenvalue weighted by Gasteiger charge is 2.72. The summed E-state index contributed by atoms with van der Waals surface area (Å²) in [6, 6.07) is 8.15. The first kappa shape index (κ1) is 37.2. The van der Waals surface area contributed by atoms with Gasteiger partial charge in [-0.05, 0) is 155 Å². The van der Waals surface area contributed by atoms with Gasteiger partial charge in [-0.15, -0.1) is 0 Å². The number of nitrogens with one attached hydrogen (secondary N) is 1. The van der Waals surface area contributed by atoms with Gasteiger partial charge in [-0.3, -0.25) is 14.4 Å². The number of amides is 1. The number of carboxylic acids is 1. The van der Waals surface area contributed by atoms with Crippen LogP contribution >= 0.6 is 0 Å². The minimum atomic E-state index is -1.15. The molecule has 1 aromatic heterocycles. The highest BCUT2D eigenvalue weighted by molar-refractivity contribution is 5.84. The van der Waals surface area contributed by atoms with E-state index in [0.717, 1.165) is 74.3 Å². The predicted octanol–water partition coefficient (Wildman–Crippen LogP) is 10.1. The molecule has 2 aromatic rings. The average molecular weight is 714 g/mol. The van der Waals surface area contributed by atoms with Gasteiger partial charge in [0, 0.05) is 17.3 Å². The maximum Gasteiger partial charge on any atom is 0.309 e. The van der Waals surface area contributed by atoms with Gasteiger partial charge in [0.05, 0.1) is 23.5 Å². The topological polar surface area (TPSA) is 106 Å². The van der Waals surface area contributed by atoms with Crippen molar-refractivity contribution in [2.75, 3.05) is 0 Å². The number of allylic oxidation sites excluding steroid dienone is 1. The summed E-state index contributed by atoms with van der Waals surface area (Å²) in [5, 5.41) is 14.1. The summed E-state index contributed by atoms with van der Waals surface area (Å²) in [6.07, 6.45) is 11.7. The summed E-state index contributed by atoms with van der Waals surface area (Å²) in [5.74, 6) is 0.923. The van der Waals surface area contributed by atoms with E-state index in [2.05, 4.69) is 65.6 Å². The molecule has 0 spiro atoms. The quantitative estimate of drug-likeness (QED) is 0.208. The number of aliphatic carboxylic acids is 1. The maximum absolute atomic E-state index is 14.6. The molecule has 5 aliphatic rings. The fraction of sp³-hybridized carbons (Fsp3) is 0.711. The van der Waals surface area contributed by atoms with E-state index in [1.807, 2.05) is 12.1 Å². The van der Waals surface area contributed by atoms with Crippen molar-refractivity contribution < 1.29 is 28.6 Å². The lowest BCUT2D eigenvalue weighted by Crippen LogP contribution is -2.67. The SMILES string of the molecule is C=C(C)[C@@H]1CC[C@]2(C(=O)NCc3ccc4occc4c3)CC[C@]3(C)[C@H](CC[C@@H]4[C@@]5(C)CC[C@H](OC(=O)CC(C)(C)C(=O)O)C(C)(C)[C@@H]5CC[C@]43C)[C@@H]12. The van der Waals surface area contributed by atoms with Crippen molar-refractivity contribution >= 4 is 28.8 Å². The van der Waals surface area contributed by atoms with Gasteiger partial charge < -0.3 is 19.6 Å². The van der Waals surface area contributed by atoms with Crippen LogP contribution in [0.25, 0.3) is 11.0 Å². The van der Waals surface area contributed by atoms with Crippen LogP contribution in [0.5, 0.6) is 0 Å². The Morgan fingerprint density at radius 1 is 0.923 bits per heavy atom. The molecule has 0 bridgehead atoms. The van der Waals surface area contributed by atoms with Crippen LogP contribution in [-0.4, -0.2) is 29.1 Å². The molecule has 284 valence electrons. The minimum Gasteiger partial charge on any atom is -0.481 e. The fourth-order valence-electron chi connectivity index (χ4n) is 13.8. The molecule has 2 N–H and O–H groups in total. The van der Waals surface area contributed by atoms with E-state index in [-0.39, 0.29) is 45.5 Å². The third-order valence-corrected chi connectivity index (χ3v) is 16.9. The Morgan fingerprint density at radius 2 is 1.67 bits per heavy atom. The number of carboxylic acid groups (broad SMARTS) is 1. The number of esters is 1. The summed E-state index contributed by atoms with van der Waals surface area (Å²) < 4.78 is 11.7. The fourth-order valence-corrected chi connectivity index (χ4v) is 13.8. The zero-order chi connectivity index (χ0) is 37.6. The molecule has 7 heteroatoms. The van der Waals surface area contributed by atoms with E-state index in [0.29, 0.717) is 36.1 Å². The molecule has 0 saturated heterocycles. The minimum absolute atomic E-state index is 0.110. The first-order valence-corrected chi connectivity index (χ1v) is 20.1. The molecule has 5 fully saturated rings. The molecule has 7 rings (SSSR count). The number of ether oxygens (including phenoxy) is 1. The van der Waals surface area contributed by atoms with Crippen molar-refractivity contribution in [2.45, 2.75) is 139 Å². The molecule has 1 aromatic carbocycles. The second kappa shape index (κ2) is 12.5. The van der Waals surface area contributed by atoms with E-state index < -0.39 is 17.4 Å². The smallest absolute Gasteiger partial charge is 0.309 e. The highest BCUT2D eigenvalue weighted by Crippen LogP contribution is 2.77. The van der Waals surface area contributed by atoms with Crippen molar-refractivity contribution in [2.24, 2.45) is 62.1 Å². The molecule has 10 atom stereocenters. The summed E-state index contributed by atoms with van der Waals surface area (Å²) in [5.41, 5.74) is 1.82. The van der Waals surface area contributed by atoms with Gasteiger partial charge in [0.2, 0.25) is 5.91 Å². The van der Waals surface area contributed by atoms with Crippen LogP contribution in [-0.2, 0) is 25.7 Å². The van der Waals surface area contributed by atoms with E-state index in [1.54, 1.807) is 20.1 Å². The van der Waals surface area contributed by atoms with Crippen molar-refractivity contribution in [1.29, 1.82) is 0 Å². The Bertz CT molecular complexity index is 1770. The van der Waals surface area contributed by atoms with E-state index in [4.69, 9.17) is 9.15 Å². The van der Waals surface area contributed by atoms with E-state index in [9.17, 15) is 19.5 Å². The number of hydrogen-bond donors (Lipinski definition) is 2.